The minimum absolute atomic E-state index is 0.109. The van der Waals surface area contributed by atoms with Crippen molar-refractivity contribution in [2.45, 2.75) is 20.0 Å². The maximum atomic E-state index is 12.3. The average molecular weight is 373 g/mol. The van der Waals surface area contributed by atoms with Crippen LogP contribution in [0, 0.1) is 0 Å². The fourth-order valence-corrected chi connectivity index (χ4v) is 2.86. The summed E-state index contributed by atoms with van der Waals surface area (Å²) >= 11 is 0. The van der Waals surface area contributed by atoms with Gasteiger partial charge in [-0.1, -0.05) is 35.5 Å². The smallest absolute Gasteiger partial charge is 0.259 e. The molecule has 28 heavy (non-hydrogen) atoms. The molecule has 6 heteroatoms. The molecule has 0 amide bonds. The topological polar surface area (TPSA) is 81.0 Å². The van der Waals surface area contributed by atoms with Crippen molar-refractivity contribution in [2.24, 2.45) is 0 Å². The summed E-state index contributed by atoms with van der Waals surface area (Å²) in [4.78, 5) is 19.5. The molecule has 0 fully saturated rings. The number of rotatable bonds is 5. The zero-order valence-electron chi connectivity index (χ0n) is 15.5. The standard InChI is InChI=1S/C22H19N3O3/c1-14(2)27-17-8-5-6-15(12-17)10-11-20-24-21(25-28-20)18-13-16-7-3-4-9-19(16)23-22(18)26/h3-14H,1-2H3,(H,23,26)/b11-10+. The number of hydrogen-bond acceptors (Lipinski definition) is 5. The molecule has 0 spiro atoms. The van der Waals surface area contributed by atoms with Crippen molar-refractivity contribution in [1.82, 2.24) is 15.1 Å². The summed E-state index contributed by atoms with van der Waals surface area (Å²) in [5.74, 6) is 1.37. The van der Waals surface area contributed by atoms with Crippen molar-refractivity contribution in [2.75, 3.05) is 0 Å². The highest BCUT2D eigenvalue weighted by Gasteiger charge is 2.12. The van der Waals surface area contributed by atoms with E-state index in [1.54, 1.807) is 12.1 Å². The number of pyridine rings is 1. The van der Waals surface area contributed by atoms with Crippen LogP contribution in [0.3, 0.4) is 0 Å². The Morgan fingerprint density at radius 1 is 1.07 bits per heavy atom. The van der Waals surface area contributed by atoms with Crippen LogP contribution in [0.1, 0.15) is 25.3 Å². The van der Waals surface area contributed by atoms with Crippen LogP contribution in [0.4, 0.5) is 0 Å². The lowest BCUT2D eigenvalue weighted by molar-refractivity contribution is 0.242. The zero-order chi connectivity index (χ0) is 19.5. The first-order chi connectivity index (χ1) is 13.6. The van der Waals surface area contributed by atoms with Crippen LogP contribution in [-0.2, 0) is 0 Å². The number of nitrogens with zero attached hydrogens (tertiary/aromatic N) is 2. The molecule has 2 heterocycles. The molecule has 4 aromatic rings. The van der Waals surface area contributed by atoms with Crippen LogP contribution in [0.2, 0.25) is 0 Å². The fourth-order valence-electron chi connectivity index (χ4n) is 2.86. The normalized spacial score (nSPS) is 11.5. The molecule has 2 aromatic heterocycles. The second-order valence-corrected chi connectivity index (χ2v) is 6.63. The van der Waals surface area contributed by atoms with Crippen LogP contribution < -0.4 is 10.3 Å². The predicted molar refractivity (Wildman–Crippen MR) is 109 cm³/mol. The minimum Gasteiger partial charge on any atom is -0.491 e. The van der Waals surface area contributed by atoms with E-state index in [0.29, 0.717) is 11.5 Å². The lowest BCUT2D eigenvalue weighted by Gasteiger charge is -2.09. The molecular formula is C22H19N3O3. The third-order valence-corrected chi connectivity index (χ3v) is 4.08. The quantitative estimate of drug-likeness (QED) is 0.556. The summed E-state index contributed by atoms with van der Waals surface area (Å²) in [6.45, 7) is 3.97. The van der Waals surface area contributed by atoms with Gasteiger partial charge in [-0.25, -0.2) is 0 Å². The Hall–Kier alpha value is -3.67. The summed E-state index contributed by atoms with van der Waals surface area (Å²) in [7, 11) is 0. The van der Waals surface area contributed by atoms with Gasteiger partial charge in [-0.05, 0) is 55.1 Å². The highest BCUT2D eigenvalue weighted by molar-refractivity contribution is 5.82. The van der Waals surface area contributed by atoms with E-state index in [-0.39, 0.29) is 17.5 Å². The Morgan fingerprint density at radius 2 is 1.93 bits per heavy atom. The van der Waals surface area contributed by atoms with E-state index in [1.807, 2.05) is 68.5 Å². The molecule has 0 aliphatic rings. The van der Waals surface area contributed by atoms with E-state index in [4.69, 9.17) is 9.26 Å². The number of fused-ring (bicyclic) bond motifs is 1. The number of H-pyrrole nitrogens is 1. The maximum absolute atomic E-state index is 12.3. The monoisotopic (exact) mass is 373 g/mol. The van der Waals surface area contributed by atoms with Gasteiger partial charge in [0.2, 0.25) is 5.82 Å². The molecule has 0 atom stereocenters. The summed E-state index contributed by atoms with van der Waals surface area (Å²) in [5.41, 5.74) is 1.83. The minimum atomic E-state index is -0.256. The Bertz CT molecular complexity index is 1200. The molecule has 2 aromatic carbocycles. The molecular weight excluding hydrogens is 354 g/mol. The second-order valence-electron chi connectivity index (χ2n) is 6.63. The molecule has 140 valence electrons. The number of benzene rings is 2. The summed E-state index contributed by atoms with van der Waals surface area (Å²) < 4.78 is 11.0. The molecule has 0 bridgehead atoms. The van der Waals surface area contributed by atoms with Crippen LogP contribution >= 0.6 is 0 Å². The number of aromatic nitrogens is 3. The van der Waals surface area contributed by atoms with Gasteiger partial charge in [-0.15, -0.1) is 0 Å². The molecule has 1 N–H and O–H groups in total. The SMILES string of the molecule is CC(C)Oc1cccc(/C=C/c2nc(-c3cc4ccccc4[nH]c3=O)no2)c1. The van der Waals surface area contributed by atoms with Crippen LogP contribution in [0.25, 0.3) is 34.4 Å². The third-order valence-electron chi connectivity index (χ3n) is 4.08. The summed E-state index contributed by atoms with van der Waals surface area (Å²) in [5, 5.41) is 4.84. The van der Waals surface area contributed by atoms with Crippen LogP contribution in [-0.4, -0.2) is 21.2 Å². The van der Waals surface area contributed by atoms with Gasteiger partial charge in [0.25, 0.3) is 11.4 Å². The average Bonchev–Trinajstić information content (AvgIpc) is 3.14. The van der Waals surface area contributed by atoms with Gasteiger partial charge < -0.3 is 14.2 Å². The molecule has 6 nitrogen and oxygen atoms in total. The van der Waals surface area contributed by atoms with Crippen molar-refractivity contribution in [1.29, 1.82) is 0 Å². The van der Waals surface area contributed by atoms with Gasteiger partial charge in [0, 0.05) is 11.6 Å². The number of hydrogen-bond donors (Lipinski definition) is 1. The van der Waals surface area contributed by atoms with Crippen molar-refractivity contribution >= 4 is 23.1 Å². The van der Waals surface area contributed by atoms with Gasteiger partial charge in [0.1, 0.15) is 5.75 Å². The summed E-state index contributed by atoms with van der Waals surface area (Å²) in [6, 6.07) is 17.0. The summed E-state index contributed by atoms with van der Waals surface area (Å²) in [6.07, 6.45) is 3.67. The fraction of sp³-hybridized carbons (Fsp3) is 0.136. The third kappa shape index (κ3) is 3.86. The van der Waals surface area contributed by atoms with Gasteiger partial charge in [-0.3, -0.25) is 4.79 Å². The van der Waals surface area contributed by atoms with E-state index in [1.165, 1.54) is 0 Å². The van der Waals surface area contributed by atoms with Gasteiger partial charge in [0.15, 0.2) is 0 Å². The first-order valence-corrected chi connectivity index (χ1v) is 8.99. The van der Waals surface area contributed by atoms with Gasteiger partial charge in [-0.2, -0.15) is 4.98 Å². The predicted octanol–water partition coefficient (Wildman–Crippen LogP) is 4.54. The molecule has 0 unspecified atom stereocenters. The van der Waals surface area contributed by atoms with Crippen LogP contribution in [0.15, 0.2) is 63.9 Å². The molecule has 0 saturated carbocycles. The molecule has 0 radical (unpaired) electrons. The Labute approximate surface area is 161 Å². The van der Waals surface area contributed by atoms with Crippen LogP contribution in [0.5, 0.6) is 5.75 Å². The lowest BCUT2D eigenvalue weighted by atomic mass is 10.1. The van der Waals surface area contributed by atoms with E-state index in [0.717, 1.165) is 22.2 Å². The molecule has 0 saturated heterocycles. The van der Waals surface area contributed by atoms with Crippen molar-refractivity contribution < 1.29 is 9.26 Å². The van der Waals surface area contributed by atoms with E-state index < -0.39 is 0 Å². The molecule has 0 aliphatic carbocycles. The van der Waals surface area contributed by atoms with E-state index >= 15 is 0 Å². The molecule has 0 aliphatic heterocycles. The van der Waals surface area contributed by atoms with Gasteiger partial charge in [0.05, 0.1) is 11.7 Å². The number of nitrogens with one attached hydrogen (secondary N) is 1. The van der Waals surface area contributed by atoms with Gasteiger partial charge >= 0.3 is 0 Å². The number of para-hydroxylation sites is 1. The second kappa shape index (κ2) is 7.52. The largest absolute Gasteiger partial charge is 0.491 e. The number of ether oxygens (including phenoxy) is 1. The first-order valence-electron chi connectivity index (χ1n) is 8.99. The highest BCUT2D eigenvalue weighted by atomic mass is 16.5. The highest BCUT2D eigenvalue weighted by Crippen LogP contribution is 2.19. The van der Waals surface area contributed by atoms with Crippen molar-refractivity contribution in [3.8, 4) is 17.1 Å². The molecule has 4 rings (SSSR count). The Morgan fingerprint density at radius 3 is 2.79 bits per heavy atom. The zero-order valence-corrected chi connectivity index (χ0v) is 15.5. The van der Waals surface area contributed by atoms with Crippen molar-refractivity contribution in [3.63, 3.8) is 0 Å². The van der Waals surface area contributed by atoms with Crippen molar-refractivity contribution in [3.05, 3.63) is 76.4 Å². The Balaban J connectivity index is 1.59. The van der Waals surface area contributed by atoms with E-state index in [2.05, 4.69) is 15.1 Å². The lowest BCUT2D eigenvalue weighted by Crippen LogP contribution is -2.09. The maximum Gasteiger partial charge on any atom is 0.259 e. The number of aromatic amines is 1. The Kier molecular flexibility index (Phi) is 4.76. The first kappa shape index (κ1) is 17.7. The van der Waals surface area contributed by atoms with E-state index in [9.17, 15) is 4.79 Å².